The molecule has 2 N–H and O–H groups in total. The molecule has 0 aromatic carbocycles. The molecule has 0 aliphatic carbocycles. The average Bonchev–Trinajstić information content (AvgIpc) is 2.75. The Bertz CT molecular complexity index is 675. The van der Waals surface area contributed by atoms with Crippen LogP contribution >= 0.6 is 11.3 Å². The number of aryl methyl sites for hydroxylation is 1. The minimum absolute atomic E-state index is 0.0659. The highest BCUT2D eigenvalue weighted by Crippen LogP contribution is 2.18. The lowest BCUT2D eigenvalue weighted by molar-refractivity contribution is 0.102. The van der Waals surface area contributed by atoms with Crippen LogP contribution in [0.5, 0.6) is 0 Å². The van der Waals surface area contributed by atoms with E-state index in [1.807, 2.05) is 0 Å². The summed E-state index contributed by atoms with van der Waals surface area (Å²) < 4.78 is 0. The zero-order chi connectivity index (χ0) is 14.7. The van der Waals surface area contributed by atoms with Gasteiger partial charge in [-0.1, -0.05) is 25.2 Å². The molecule has 0 aliphatic heterocycles. The van der Waals surface area contributed by atoms with Crippen LogP contribution < -0.4 is 10.9 Å². The van der Waals surface area contributed by atoms with Gasteiger partial charge in [0.25, 0.3) is 11.5 Å². The lowest BCUT2D eigenvalue weighted by Crippen LogP contribution is -2.23. The first-order valence-corrected chi connectivity index (χ1v) is 7.11. The van der Waals surface area contributed by atoms with Crippen LogP contribution in [0.25, 0.3) is 0 Å². The van der Waals surface area contributed by atoms with Crippen LogP contribution in [0.1, 0.15) is 34.9 Å². The molecule has 0 radical (unpaired) electrons. The van der Waals surface area contributed by atoms with Crippen molar-refractivity contribution in [3.05, 3.63) is 38.8 Å². The van der Waals surface area contributed by atoms with Crippen molar-refractivity contribution in [1.29, 1.82) is 0 Å². The van der Waals surface area contributed by atoms with Gasteiger partial charge in [-0.3, -0.25) is 14.9 Å². The molecule has 0 aliphatic rings. The van der Waals surface area contributed by atoms with Crippen molar-refractivity contribution in [1.82, 2.24) is 15.2 Å². The summed E-state index contributed by atoms with van der Waals surface area (Å²) in [4.78, 5) is 26.2. The molecule has 6 nitrogen and oxygen atoms in total. The Labute approximate surface area is 120 Å². The van der Waals surface area contributed by atoms with Gasteiger partial charge in [0.05, 0.1) is 0 Å². The largest absolute Gasteiger partial charge is 0.326 e. The standard InChI is InChI=1S/C13H16N4O2S/c1-7(2)6-10-16-17-13(20-10)15-12(19)9-5-4-8(3)14-11(9)18/h4-5,7H,6H2,1-3H3,(H,14,18)(H,15,17,19). The normalized spacial score (nSPS) is 10.8. The van der Waals surface area contributed by atoms with E-state index in [0.29, 0.717) is 16.7 Å². The molecule has 20 heavy (non-hydrogen) atoms. The lowest BCUT2D eigenvalue weighted by Gasteiger charge is -2.01. The number of aromatic amines is 1. The van der Waals surface area contributed by atoms with Crippen molar-refractivity contribution in [2.24, 2.45) is 5.92 Å². The van der Waals surface area contributed by atoms with E-state index < -0.39 is 11.5 Å². The van der Waals surface area contributed by atoms with Crippen molar-refractivity contribution >= 4 is 22.4 Å². The Morgan fingerprint density at radius 1 is 1.40 bits per heavy atom. The maximum atomic E-state index is 12.0. The highest BCUT2D eigenvalue weighted by molar-refractivity contribution is 7.15. The van der Waals surface area contributed by atoms with Crippen LogP contribution in [0.3, 0.4) is 0 Å². The molecule has 0 saturated heterocycles. The molecule has 2 heterocycles. The van der Waals surface area contributed by atoms with E-state index in [2.05, 4.69) is 34.3 Å². The Morgan fingerprint density at radius 2 is 2.15 bits per heavy atom. The second-order valence-electron chi connectivity index (χ2n) is 4.94. The fraction of sp³-hybridized carbons (Fsp3) is 0.385. The zero-order valence-corrected chi connectivity index (χ0v) is 12.4. The molecule has 1 amide bonds. The second-order valence-corrected chi connectivity index (χ2v) is 6.00. The minimum atomic E-state index is -0.474. The number of carbonyl (C=O) groups excluding carboxylic acids is 1. The molecule has 0 unspecified atom stereocenters. The Balaban J connectivity index is 2.11. The SMILES string of the molecule is Cc1ccc(C(=O)Nc2nnc(CC(C)C)s2)c(=O)[nH]1. The Hall–Kier alpha value is -2.02. The molecule has 0 atom stereocenters. The van der Waals surface area contributed by atoms with Crippen molar-refractivity contribution in [3.63, 3.8) is 0 Å². The van der Waals surface area contributed by atoms with Crippen LogP contribution in [0.4, 0.5) is 5.13 Å². The number of nitrogens with one attached hydrogen (secondary N) is 2. The Morgan fingerprint density at radius 3 is 2.80 bits per heavy atom. The number of nitrogens with zero attached hydrogens (tertiary/aromatic N) is 2. The summed E-state index contributed by atoms with van der Waals surface area (Å²) >= 11 is 1.33. The van der Waals surface area contributed by atoms with E-state index in [-0.39, 0.29) is 5.56 Å². The zero-order valence-electron chi connectivity index (χ0n) is 11.6. The van der Waals surface area contributed by atoms with E-state index in [1.54, 1.807) is 13.0 Å². The summed E-state index contributed by atoms with van der Waals surface area (Å²) in [7, 11) is 0. The number of rotatable bonds is 4. The minimum Gasteiger partial charge on any atom is -0.326 e. The smallest absolute Gasteiger partial charge is 0.263 e. The quantitative estimate of drug-likeness (QED) is 0.902. The third kappa shape index (κ3) is 3.51. The summed E-state index contributed by atoms with van der Waals surface area (Å²) in [6.45, 7) is 5.93. The van der Waals surface area contributed by atoms with Crippen molar-refractivity contribution in [3.8, 4) is 0 Å². The fourth-order valence-electron chi connectivity index (χ4n) is 1.65. The van der Waals surface area contributed by atoms with Gasteiger partial charge in [0.1, 0.15) is 10.6 Å². The molecule has 0 fully saturated rings. The third-order valence-corrected chi connectivity index (χ3v) is 3.43. The monoisotopic (exact) mass is 292 g/mol. The van der Waals surface area contributed by atoms with Gasteiger partial charge in [0, 0.05) is 12.1 Å². The van der Waals surface area contributed by atoms with E-state index >= 15 is 0 Å². The number of hydrogen-bond acceptors (Lipinski definition) is 5. The number of H-pyrrole nitrogens is 1. The van der Waals surface area contributed by atoms with Crippen LogP contribution in [0.15, 0.2) is 16.9 Å². The van der Waals surface area contributed by atoms with E-state index in [9.17, 15) is 9.59 Å². The summed E-state index contributed by atoms with van der Waals surface area (Å²) in [5.41, 5.74) is 0.368. The fourth-order valence-corrected chi connectivity index (χ4v) is 2.60. The number of aromatic nitrogens is 3. The number of anilines is 1. The van der Waals surface area contributed by atoms with Crippen LogP contribution in [-0.2, 0) is 6.42 Å². The molecule has 0 spiro atoms. The second kappa shape index (κ2) is 5.96. The van der Waals surface area contributed by atoms with Crippen molar-refractivity contribution < 1.29 is 4.79 Å². The van der Waals surface area contributed by atoms with Gasteiger partial charge in [-0.15, -0.1) is 10.2 Å². The van der Waals surface area contributed by atoms with Gasteiger partial charge in [-0.25, -0.2) is 0 Å². The van der Waals surface area contributed by atoms with Gasteiger partial charge in [-0.2, -0.15) is 0 Å². The summed E-state index contributed by atoms with van der Waals surface area (Å²) in [5, 5.41) is 11.8. The summed E-state index contributed by atoms with van der Waals surface area (Å²) in [6, 6.07) is 3.18. The highest BCUT2D eigenvalue weighted by atomic mass is 32.1. The van der Waals surface area contributed by atoms with Gasteiger partial charge in [0.15, 0.2) is 0 Å². The highest BCUT2D eigenvalue weighted by Gasteiger charge is 2.13. The average molecular weight is 292 g/mol. The number of hydrogen-bond donors (Lipinski definition) is 2. The molecule has 106 valence electrons. The first kappa shape index (κ1) is 14.4. The van der Waals surface area contributed by atoms with Crippen LogP contribution in [0, 0.1) is 12.8 Å². The number of pyridine rings is 1. The predicted octanol–water partition coefficient (Wildman–Crippen LogP) is 1.99. The summed E-state index contributed by atoms with van der Waals surface area (Å²) in [6.07, 6.45) is 0.818. The van der Waals surface area contributed by atoms with Gasteiger partial charge >= 0.3 is 0 Å². The topological polar surface area (TPSA) is 87.7 Å². The summed E-state index contributed by atoms with van der Waals surface area (Å²) in [5.74, 6) is 0.00458. The van der Waals surface area contributed by atoms with E-state index in [4.69, 9.17) is 0 Å². The third-order valence-electron chi connectivity index (χ3n) is 2.57. The van der Waals surface area contributed by atoms with E-state index in [1.165, 1.54) is 17.4 Å². The van der Waals surface area contributed by atoms with Crippen LogP contribution in [-0.4, -0.2) is 21.1 Å². The van der Waals surface area contributed by atoms with Gasteiger partial charge in [-0.05, 0) is 25.0 Å². The lowest BCUT2D eigenvalue weighted by atomic mass is 10.1. The molecule has 0 bridgehead atoms. The maximum absolute atomic E-state index is 12.0. The number of amides is 1. The van der Waals surface area contributed by atoms with E-state index in [0.717, 1.165) is 11.4 Å². The maximum Gasteiger partial charge on any atom is 0.263 e. The first-order valence-electron chi connectivity index (χ1n) is 6.29. The van der Waals surface area contributed by atoms with Crippen LogP contribution in [0.2, 0.25) is 0 Å². The van der Waals surface area contributed by atoms with Gasteiger partial charge in [0.2, 0.25) is 5.13 Å². The molecule has 7 heteroatoms. The van der Waals surface area contributed by atoms with Gasteiger partial charge < -0.3 is 4.98 Å². The molecule has 0 saturated carbocycles. The molecular weight excluding hydrogens is 276 g/mol. The molecule has 2 aromatic heterocycles. The molecule has 2 aromatic rings. The van der Waals surface area contributed by atoms with Crippen molar-refractivity contribution in [2.45, 2.75) is 27.2 Å². The first-order chi connectivity index (χ1) is 9.45. The van der Waals surface area contributed by atoms with Crippen molar-refractivity contribution in [2.75, 3.05) is 5.32 Å². The Kier molecular flexibility index (Phi) is 4.29. The number of carbonyl (C=O) groups is 1. The molecule has 2 rings (SSSR count). The molecular formula is C13H16N4O2S. The predicted molar refractivity (Wildman–Crippen MR) is 78.2 cm³/mol.